The first-order valence-corrected chi connectivity index (χ1v) is 9.95. The van der Waals surface area contributed by atoms with Crippen LogP contribution in [0.15, 0.2) is 84.0 Å². The van der Waals surface area contributed by atoms with E-state index in [0.717, 1.165) is 0 Å². The van der Waals surface area contributed by atoms with Gasteiger partial charge in [-0.3, -0.25) is 0 Å². The van der Waals surface area contributed by atoms with Crippen LogP contribution in [0.3, 0.4) is 0 Å². The minimum absolute atomic E-state index is 0.0658. The monoisotopic (exact) mass is 420 g/mol. The molecule has 2 aromatic rings. The predicted molar refractivity (Wildman–Crippen MR) is 121 cm³/mol. The molecule has 0 atom stereocenters. The van der Waals surface area contributed by atoms with Gasteiger partial charge in [0.15, 0.2) is 23.3 Å². The molecule has 0 N–H and O–H groups in total. The normalized spacial score (nSPS) is 10.8. The van der Waals surface area contributed by atoms with Crippen molar-refractivity contribution in [1.82, 2.24) is 0 Å². The molecular formula is C26H32F4. The molecule has 0 aliphatic carbocycles. The molecule has 0 unspecified atom stereocenters. The molecule has 4 heteroatoms. The van der Waals surface area contributed by atoms with E-state index >= 15 is 0 Å². The fraction of sp³-hybridized carbons (Fsp3) is 0.308. The first kappa shape index (κ1) is 27.4. The molecule has 2 aromatic carbocycles. The van der Waals surface area contributed by atoms with Crippen LogP contribution in [0.5, 0.6) is 0 Å². The van der Waals surface area contributed by atoms with E-state index in [1.54, 1.807) is 0 Å². The number of rotatable bonds is 4. The highest BCUT2D eigenvalue weighted by atomic mass is 19.2. The average Bonchev–Trinajstić information content (AvgIpc) is 2.74. The maximum atomic E-state index is 12.5. The molecule has 0 saturated heterocycles. The number of hydrogen-bond donors (Lipinski definition) is 0. The molecule has 0 bridgehead atoms. The summed E-state index contributed by atoms with van der Waals surface area (Å²) >= 11 is 0. The summed E-state index contributed by atoms with van der Waals surface area (Å²) in [6.07, 6.45) is 0. The van der Waals surface area contributed by atoms with E-state index in [-0.39, 0.29) is 5.57 Å². The van der Waals surface area contributed by atoms with Gasteiger partial charge in [0.05, 0.1) is 0 Å². The summed E-state index contributed by atoms with van der Waals surface area (Å²) in [4.78, 5) is 0. The number of allylic oxidation sites excluding steroid dienone is 5. The maximum Gasteiger partial charge on any atom is 0.197 e. The van der Waals surface area contributed by atoms with Crippen molar-refractivity contribution in [2.45, 2.75) is 54.4 Å². The molecule has 0 fully saturated rings. The van der Waals surface area contributed by atoms with E-state index in [9.17, 15) is 17.6 Å². The van der Waals surface area contributed by atoms with Gasteiger partial charge in [0.1, 0.15) is 0 Å². The van der Waals surface area contributed by atoms with Crippen molar-refractivity contribution in [2.24, 2.45) is 0 Å². The summed E-state index contributed by atoms with van der Waals surface area (Å²) < 4.78 is 49.2. The molecule has 0 radical (unpaired) electrons. The molecule has 0 aromatic heterocycles. The molecular weight excluding hydrogens is 388 g/mol. The van der Waals surface area contributed by atoms with E-state index in [1.807, 2.05) is 13.8 Å². The lowest BCUT2D eigenvalue weighted by molar-refractivity contribution is 0.467. The summed E-state index contributed by atoms with van der Waals surface area (Å²) in [7, 11) is 0. The lowest BCUT2D eigenvalue weighted by atomic mass is 9.98. The van der Waals surface area contributed by atoms with Crippen molar-refractivity contribution in [1.29, 1.82) is 0 Å². The van der Waals surface area contributed by atoms with Crippen molar-refractivity contribution in [3.8, 4) is 11.1 Å². The first-order chi connectivity index (χ1) is 14.0. The largest absolute Gasteiger partial charge is 0.204 e. The van der Waals surface area contributed by atoms with E-state index in [0.29, 0.717) is 5.92 Å². The van der Waals surface area contributed by atoms with E-state index in [4.69, 9.17) is 0 Å². The van der Waals surface area contributed by atoms with Crippen LogP contribution in [0.1, 0.15) is 58.6 Å². The van der Waals surface area contributed by atoms with Crippen molar-refractivity contribution >= 4 is 0 Å². The van der Waals surface area contributed by atoms with Crippen LogP contribution >= 0.6 is 0 Å². The number of hydrogen-bond acceptors (Lipinski definition) is 0. The molecule has 30 heavy (non-hydrogen) atoms. The summed E-state index contributed by atoms with van der Waals surface area (Å²) in [6, 6.07) is 17.5. The van der Waals surface area contributed by atoms with Crippen LogP contribution in [-0.4, -0.2) is 0 Å². The van der Waals surface area contributed by atoms with E-state index in [2.05, 4.69) is 75.9 Å². The molecule has 0 aliphatic heterocycles. The third kappa shape index (κ3) is 8.81. The highest BCUT2D eigenvalue weighted by Crippen LogP contribution is 2.26. The second-order valence-electron chi connectivity index (χ2n) is 6.99. The van der Waals surface area contributed by atoms with Gasteiger partial charge < -0.3 is 0 Å². The topological polar surface area (TPSA) is 0 Å². The quantitative estimate of drug-likeness (QED) is 0.341. The van der Waals surface area contributed by atoms with Crippen molar-refractivity contribution < 1.29 is 17.6 Å². The second-order valence-corrected chi connectivity index (χ2v) is 6.99. The Bertz CT molecular complexity index is 851. The number of benzene rings is 2. The highest BCUT2D eigenvalue weighted by Gasteiger charge is 2.15. The van der Waals surface area contributed by atoms with Crippen LogP contribution in [0.25, 0.3) is 11.1 Å². The minimum Gasteiger partial charge on any atom is -0.204 e. The maximum absolute atomic E-state index is 12.5. The minimum atomic E-state index is -1.89. The molecule has 0 saturated carbocycles. The molecule has 0 spiro atoms. The zero-order valence-corrected chi connectivity index (χ0v) is 18.9. The summed E-state index contributed by atoms with van der Waals surface area (Å²) in [6.45, 7) is 15.5. The van der Waals surface area contributed by atoms with Crippen LogP contribution in [0.2, 0.25) is 0 Å². The van der Waals surface area contributed by atoms with Gasteiger partial charge in [-0.15, -0.1) is 0 Å². The number of aryl methyl sites for hydroxylation is 1. The Morgan fingerprint density at radius 2 is 1.10 bits per heavy atom. The average molecular weight is 421 g/mol. The third-order valence-corrected chi connectivity index (χ3v) is 4.02. The van der Waals surface area contributed by atoms with Gasteiger partial charge in [0.25, 0.3) is 0 Å². The van der Waals surface area contributed by atoms with Gasteiger partial charge in [-0.25, -0.2) is 17.6 Å². The van der Waals surface area contributed by atoms with Crippen LogP contribution < -0.4 is 0 Å². The Morgan fingerprint density at radius 1 is 0.700 bits per heavy atom. The Kier molecular flexibility index (Phi) is 12.4. The standard InChI is InChI=1S/C16H18.C8H8F4.C2H6/c1-12(2)14-8-10-16(11-9-14)15-6-4-13(3)5-7-15;1-4(2)6(10)8(12)7(11)5(3)9;1-2/h4-12H,1-3H3;3H2,1-2H3;1-2H3/b;8-7-;. The Balaban J connectivity index is 0.000000540. The summed E-state index contributed by atoms with van der Waals surface area (Å²) in [5.41, 5.74) is 5.23. The van der Waals surface area contributed by atoms with Gasteiger partial charge in [-0.2, -0.15) is 0 Å². The molecule has 164 valence electrons. The molecule has 0 amide bonds. The first-order valence-electron chi connectivity index (χ1n) is 9.95. The Labute approximate surface area is 178 Å². The molecule has 0 nitrogen and oxygen atoms in total. The Hall–Kier alpha value is -2.62. The zero-order valence-electron chi connectivity index (χ0n) is 18.9. The van der Waals surface area contributed by atoms with Gasteiger partial charge in [0, 0.05) is 0 Å². The van der Waals surface area contributed by atoms with Crippen LogP contribution in [0.4, 0.5) is 17.6 Å². The number of halogens is 4. The lowest BCUT2D eigenvalue weighted by Crippen LogP contribution is -1.86. The molecule has 2 rings (SSSR count). The third-order valence-electron chi connectivity index (χ3n) is 4.02. The molecule has 0 aliphatic rings. The van der Waals surface area contributed by atoms with Gasteiger partial charge >= 0.3 is 0 Å². The highest BCUT2D eigenvalue weighted by molar-refractivity contribution is 5.64. The van der Waals surface area contributed by atoms with Crippen molar-refractivity contribution in [3.63, 3.8) is 0 Å². The van der Waals surface area contributed by atoms with Crippen molar-refractivity contribution in [3.05, 3.63) is 95.1 Å². The summed E-state index contributed by atoms with van der Waals surface area (Å²) in [5, 5.41) is 0. The smallest absolute Gasteiger partial charge is 0.197 e. The Morgan fingerprint density at radius 3 is 1.43 bits per heavy atom. The SMILES string of the molecule is C=C(F)/C(F)=C(/F)C(F)=C(C)C.CC.Cc1ccc(-c2ccc(C(C)C)cc2)cc1. The zero-order chi connectivity index (χ0) is 23.4. The van der Waals surface area contributed by atoms with E-state index < -0.39 is 23.3 Å². The summed E-state index contributed by atoms with van der Waals surface area (Å²) in [5.74, 6) is -6.15. The van der Waals surface area contributed by atoms with Crippen LogP contribution in [-0.2, 0) is 0 Å². The fourth-order valence-corrected chi connectivity index (χ4v) is 2.24. The predicted octanol–water partition coefficient (Wildman–Crippen LogP) is 9.70. The van der Waals surface area contributed by atoms with Gasteiger partial charge in [-0.05, 0) is 49.0 Å². The fourth-order valence-electron chi connectivity index (χ4n) is 2.24. The van der Waals surface area contributed by atoms with Crippen molar-refractivity contribution in [2.75, 3.05) is 0 Å². The molecule has 0 heterocycles. The lowest BCUT2D eigenvalue weighted by Gasteiger charge is -2.07. The van der Waals surface area contributed by atoms with E-state index in [1.165, 1.54) is 36.1 Å². The van der Waals surface area contributed by atoms with Gasteiger partial charge in [0.2, 0.25) is 0 Å². The van der Waals surface area contributed by atoms with Crippen LogP contribution in [0, 0.1) is 6.92 Å². The van der Waals surface area contributed by atoms with Gasteiger partial charge in [-0.1, -0.05) is 88.4 Å². The second kappa shape index (κ2) is 13.6.